The first kappa shape index (κ1) is 23.6. The van der Waals surface area contributed by atoms with E-state index < -0.39 is 28.0 Å². The van der Waals surface area contributed by atoms with Crippen LogP contribution in [0.15, 0.2) is 47.4 Å². The van der Waals surface area contributed by atoms with Crippen LogP contribution in [0.2, 0.25) is 0 Å². The predicted molar refractivity (Wildman–Crippen MR) is 117 cm³/mol. The molecule has 2 aromatic rings. The van der Waals surface area contributed by atoms with Crippen molar-refractivity contribution in [1.82, 2.24) is 4.72 Å². The van der Waals surface area contributed by atoms with Crippen molar-refractivity contribution in [2.75, 3.05) is 25.1 Å². The molecule has 0 radical (unpaired) electrons. The van der Waals surface area contributed by atoms with Gasteiger partial charge in [0.1, 0.15) is 0 Å². The van der Waals surface area contributed by atoms with E-state index in [1.807, 2.05) is 13.0 Å². The molecule has 0 aromatic heterocycles. The Kier molecular flexibility index (Phi) is 7.70. The minimum absolute atomic E-state index is 0.000942. The molecule has 10 heteroatoms. The highest BCUT2D eigenvalue weighted by molar-refractivity contribution is 7.89. The van der Waals surface area contributed by atoms with Crippen LogP contribution in [-0.4, -0.2) is 46.2 Å². The molecule has 3 rings (SSSR count). The first-order chi connectivity index (χ1) is 15.2. The van der Waals surface area contributed by atoms with Gasteiger partial charge in [0.2, 0.25) is 10.0 Å². The Hall–Kier alpha value is -3.11. The van der Waals surface area contributed by atoms with Gasteiger partial charge in [0.05, 0.1) is 24.5 Å². The number of carbonyl (C=O) groups excluding carboxylic acids is 2. The number of carbonyl (C=O) groups is 2. The highest BCUT2D eigenvalue weighted by Crippen LogP contribution is 2.31. The van der Waals surface area contributed by atoms with Gasteiger partial charge in [0, 0.05) is 24.7 Å². The van der Waals surface area contributed by atoms with Crippen LogP contribution in [0.1, 0.15) is 25.3 Å². The maximum Gasteiger partial charge on any atom is 0.307 e. The summed E-state index contributed by atoms with van der Waals surface area (Å²) in [5.74, 6) is -0.323. The van der Waals surface area contributed by atoms with E-state index in [9.17, 15) is 18.0 Å². The summed E-state index contributed by atoms with van der Waals surface area (Å²) in [6.45, 7) is 4.10. The molecule has 1 aliphatic rings. The standard InChI is InChI=1S/C22H26N2O7S/c1-15-5-3-6-17(13-15)24-22(26)16(2)31-21(25)9-10-23-32(27,28)18-7-8-19-20(14-18)30-12-4-11-29-19/h3,5-8,13-14,16,23H,4,9-12H2,1-2H3,(H,24,26). The first-order valence-electron chi connectivity index (χ1n) is 10.2. The van der Waals surface area contributed by atoms with E-state index in [0.717, 1.165) is 5.56 Å². The fourth-order valence-electron chi connectivity index (χ4n) is 2.96. The minimum atomic E-state index is -3.86. The first-order valence-corrected chi connectivity index (χ1v) is 11.7. The third-order valence-corrected chi connectivity index (χ3v) is 6.07. The number of ether oxygens (including phenoxy) is 3. The lowest BCUT2D eigenvalue weighted by molar-refractivity contribution is -0.152. The largest absolute Gasteiger partial charge is 0.490 e. The van der Waals surface area contributed by atoms with Crippen LogP contribution in [-0.2, 0) is 24.3 Å². The van der Waals surface area contributed by atoms with Crippen LogP contribution < -0.4 is 19.5 Å². The van der Waals surface area contributed by atoms with Crippen LogP contribution >= 0.6 is 0 Å². The van der Waals surface area contributed by atoms with Crippen LogP contribution in [0.4, 0.5) is 5.69 Å². The second kappa shape index (κ2) is 10.5. The van der Waals surface area contributed by atoms with Gasteiger partial charge in [-0.15, -0.1) is 0 Å². The number of sulfonamides is 1. The van der Waals surface area contributed by atoms with Crippen molar-refractivity contribution in [3.63, 3.8) is 0 Å². The molecule has 0 fully saturated rings. The predicted octanol–water partition coefficient (Wildman–Crippen LogP) is 2.40. The SMILES string of the molecule is Cc1cccc(NC(=O)C(C)OC(=O)CCNS(=O)(=O)c2ccc3c(c2)OCCCO3)c1. The molecular weight excluding hydrogens is 436 g/mol. The molecule has 0 saturated carbocycles. The number of rotatable bonds is 8. The van der Waals surface area contributed by atoms with Crippen molar-refractivity contribution in [2.24, 2.45) is 0 Å². The third-order valence-electron chi connectivity index (χ3n) is 4.61. The molecule has 0 saturated heterocycles. The van der Waals surface area contributed by atoms with Gasteiger partial charge in [-0.2, -0.15) is 0 Å². The van der Waals surface area contributed by atoms with Crippen LogP contribution in [0, 0.1) is 6.92 Å². The van der Waals surface area contributed by atoms with Crippen LogP contribution in [0.5, 0.6) is 11.5 Å². The summed E-state index contributed by atoms with van der Waals surface area (Å²) in [6.07, 6.45) is -0.550. The molecule has 1 unspecified atom stereocenters. The second-order valence-corrected chi connectivity index (χ2v) is 9.06. The molecule has 1 atom stereocenters. The van der Waals surface area contributed by atoms with Crippen LogP contribution in [0.3, 0.4) is 0 Å². The summed E-state index contributed by atoms with van der Waals surface area (Å²) in [4.78, 5) is 24.2. The number of nitrogens with one attached hydrogen (secondary N) is 2. The lowest BCUT2D eigenvalue weighted by atomic mass is 10.2. The number of esters is 1. The monoisotopic (exact) mass is 462 g/mol. The van der Waals surface area contributed by atoms with Gasteiger partial charge < -0.3 is 19.5 Å². The highest BCUT2D eigenvalue weighted by atomic mass is 32.2. The Balaban J connectivity index is 1.48. The summed E-state index contributed by atoms with van der Waals surface area (Å²) in [7, 11) is -3.86. The van der Waals surface area contributed by atoms with Gasteiger partial charge in [-0.1, -0.05) is 12.1 Å². The number of hydrogen-bond donors (Lipinski definition) is 2. The van der Waals surface area contributed by atoms with E-state index in [1.165, 1.54) is 25.1 Å². The van der Waals surface area contributed by atoms with E-state index in [-0.39, 0.29) is 17.9 Å². The Bertz CT molecular complexity index is 1090. The van der Waals surface area contributed by atoms with Crippen molar-refractivity contribution in [2.45, 2.75) is 37.7 Å². The molecular formula is C22H26N2O7S. The zero-order valence-electron chi connectivity index (χ0n) is 17.9. The normalized spacial score (nSPS) is 14.2. The van der Waals surface area contributed by atoms with Gasteiger partial charge in [0.15, 0.2) is 17.6 Å². The van der Waals surface area contributed by atoms with Crippen molar-refractivity contribution in [1.29, 1.82) is 0 Å². The number of aryl methyl sites for hydroxylation is 1. The molecule has 2 N–H and O–H groups in total. The molecule has 0 aliphatic carbocycles. The molecule has 0 bridgehead atoms. The topological polar surface area (TPSA) is 120 Å². The molecule has 1 aliphatic heterocycles. The zero-order valence-corrected chi connectivity index (χ0v) is 18.7. The molecule has 0 spiro atoms. The fraction of sp³-hybridized carbons (Fsp3) is 0.364. The summed E-state index contributed by atoms with van der Waals surface area (Å²) in [5.41, 5.74) is 1.58. The van der Waals surface area contributed by atoms with Crippen molar-refractivity contribution in [3.8, 4) is 11.5 Å². The Morgan fingerprint density at radius 3 is 2.59 bits per heavy atom. The number of fused-ring (bicyclic) bond motifs is 1. The number of hydrogen-bond acceptors (Lipinski definition) is 7. The molecule has 1 heterocycles. The third kappa shape index (κ3) is 6.44. The summed E-state index contributed by atoms with van der Waals surface area (Å²) >= 11 is 0. The number of anilines is 1. The highest BCUT2D eigenvalue weighted by Gasteiger charge is 2.21. The van der Waals surface area contributed by atoms with E-state index in [2.05, 4.69) is 10.0 Å². The molecule has 172 valence electrons. The molecule has 1 amide bonds. The average Bonchev–Trinajstić information content (AvgIpc) is 2.98. The van der Waals surface area contributed by atoms with Crippen molar-refractivity contribution in [3.05, 3.63) is 48.0 Å². The average molecular weight is 463 g/mol. The van der Waals surface area contributed by atoms with E-state index >= 15 is 0 Å². The summed E-state index contributed by atoms with van der Waals surface area (Å²) < 4.78 is 43.5. The molecule has 2 aromatic carbocycles. The Labute approximate surface area is 187 Å². The second-order valence-electron chi connectivity index (χ2n) is 7.30. The minimum Gasteiger partial charge on any atom is -0.490 e. The fourth-order valence-corrected chi connectivity index (χ4v) is 4.00. The van der Waals surface area contributed by atoms with E-state index in [0.29, 0.717) is 36.8 Å². The lowest BCUT2D eigenvalue weighted by Crippen LogP contribution is -2.32. The maximum absolute atomic E-state index is 12.5. The van der Waals surface area contributed by atoms with Crippen molar-refractivity contribution < 1.29 is 32.2 Å². The van der Waals surface area contributed by atoms with E-state index in [4.69, 9.17) is 14.2 Å². The van der Waals surface area contributed by atoms with Gasteiger partial charge in [0.25, 0.3) is 5.91 Å². The van der Waals surface area contributed by atoms with Gasteiger partial charge >= 0.3 is 5.97 Å². The summed E-state index contributed by atoms with van der Waals surface area (Å²) in [5, 5.41) is 2.67. The summed E-state index contributed by atoms with van der Waals surface area (Å²) in [6, 6.07) is 11.6. The molecule has 32 heavy (non-hydrogen) atoms. The number of amides is 1. The maximum atomic E-state index is 12.5. The quantitative estimate of drug-likeness (QED) is 0.578. The van der Waals surface area contributed by atoms with Gasteiger partial charge in [-0.25, -0.2) is 13.1 Å². The zero-order chi connectivity index (χ0) is 23.1. The van der Waals surface area contributed by atoms with Crippen LogP contribution in [0.25, 0.3) is 0 Å². The van der Waals surface area contributed by atoms with E-state index in [1.54, 1.807) is 18.2 Å². The smallest absolute Gasteiger partial charge is 0.307 e. The molecule has 9 nitrogen and oxygen atoms in total. The van der Waals surface area contributed by atoms with Gasteiger partial charge in [-0.05, 0) is 43.7 Å². The van der Waals surface area contributed by atoms with Crippen molar-refractivity contribution >= 4 is 27.6 Å². The Morgan fingerprint density at radius 1 is 1.09 bits per heavy atom. The Morgan fingerprint density at radius 2 is 1.84 bits per heavy atom. The lowest BCUT2D eigenvalue weighted by Gasteiger charge is -2.14. The van der Waals surface area contributed by atoms with Gasteiger partial charge in [-0.3, -0.25) is 9.59 Å². The number of benzene rings is 2.